The van der Waals surface area contributed by atoms with Crippen molar-refractivity contribution in [2.75, 3.05) is 5.73 Å². The highest BCUT2D eigenvalue weighted by atomic mass is 32.2. The molecule has 2 aromatic carbocycles. The average Bonchev–Trinajstić information content (AvgIpc) is 2.70. The lowest BCUT2D eigenvalue weighted by atomic mass is 9.82. The Morgan fingerprint density at radius 2 is 1.79 bits per heavy atom. The van der Waals surface area contributed by atoms with Crippen molar-refractivity contribution in [2.45, 2.75) is 75.5 Å². The molecule has 0 aliphatic carbocycles. The molecule has 5 nitrogen and oxygen atoms in total. The van der Waals surface area contributed by atoms with Crippen molar-refractivity contribution < 1.29 is 19.7 Å². The summed E-state index contributed by atoms with van der Waals surface area (Å²) in [5, 5.41) is 20.3. The molecule has 178 valence electrons. The number of carbonyl (C=O) groups excluding carboxylic acids is 1. The molecule has 1 aliphatic rings. The Hall–Kier alpha value is -2.60. The molecule has 2 aromatic rings. The number of benzene rings is 2. The van der Waals surface area contributed by atoms with Crippen LogP contribution in [-0.2, 0) is 21.4 Å². The van der Waals surface area contributed by atoms with Gasteiger partial charge in [-0.25, -0.2) is 0 Å². The highest BCUT2D eigenvalue weighted by molar-refractivity contribution is 8.01. The van der Waals surface area contributed by atoms with Crippen LogP contribution in [0.5, 0.6) is 5.75 Å². The minimum Gasteiger partial charge on any atom is -0.511 e. The SMILES string of the molecule is Cc1cc(O)cc(C(C)(C)C)c1SC1C(=O)O[C@](CCc2ccc(N)cc2)(C(C)C)C=C1O. The number of aryl methyl sites for hydroxylation is 2. The maximum Gasteiger partial charge on any atom is 0.328 e. The van der Waals surface area contributed by atoms with E-state index < -0.39 is 16.8 Å². The summed E-state index contributed by atoms with van der Waals surface area (Å²) in [6.45, 7) is 12.1. The Morgan fingerprint density at radius 3 is 2.33 bits per heavy atom. The fraction of sp³-hybridized carbons (Fsp3) is 0.444. The van der Waals surface area contributed by atoms with Crippen molar-refractivity contribution in [1.29, 1.82) is 0 Å². The number of cyclic esters (lactones) is 1. The van der Waals surface area contributed by atoms with E-state index in [1.165, 1.54) is 11.8 Å². The molecular formula is C27H35NO4S. The first-order valence-electron chi connectivity index (χ1n) is 11.3. The summed E-state index contributed by atoms with van der Waals surface area (Å²) in [5.41, 5.74) is 8.24. The van der Waals surface area contributed by atoms with Gasteiger partial charge in [-0.05, 0) is 78.1 Å². The van der Waals surface area contributed by atoms with E-state index in [0.29, 0.717) is 18.5 Å². The number of esters is 1. The second-order valence-electron chi connectivity index (χ2n) is 10.2. The van der Waals surface area contributed by atoms with Crippen molar-refractivity contribution in [3.05, 3.63) is 64.9 Å². The topological polar surface area (TPSA) is 92.8 Å². The molecule has 0 saturated carbocycles. The van der Waals surface area contributed by atoms with Crippen molar-refractivity contribution in [2.24, 2.45) is 5.92 Å². The maximum atomic E-state index is 13.2. The highest BCUT2D eigenvalue weighted by Crippen LogP contribution is 2.44. The zero-order valence-electron chi connectivity index (χ0n) is 20.3. The predicted molar refractivity (Wildman–Crippen MR) is 135 cm³/mol. The lowest BCUT2D eigenvalue weighted by Gasteiger charge is -2.39. The van der Waals surface area contributed by atoms with Gasteiger partial charge in [-0.2, -0.15) is 0 Å². The van der Waals surface area contributed by atoms with Crippen molar-refractivity contribution in [1.82, 2.24) is 0 Å². The van der Waals surface area contributed by atoms with E-state index in [0.717, 1.165) is 21.6 Å². The molecule has 0 fully saturated rings. The second kappa shape index (κ2) is 9.34. The summed E-state index contributed by atoms with van der Waals surface area (Å²) in [5.74, 6) is -0.244. The molecule has 2 atom stereocenters. The highest BCUT2D eigenvalue weighted by Gasteiger charge is 2.45. The molecule has 33 heavy (non-hydrogen) atoms. The minimum atomic E-state index is -0.879. The molecule has 0 saturated heterocycles. The molecule has 0 radical (unpaired) electrons. The van der Waals surface area contributed by atoms with Crippen LogP contribution in [0.15, 0.2) is 53.1 Å². The Morgan fingerprint density at radius 1 is 1.15 bits per heavy atom. The van der Waals surface area contributed by atoms with Crippen molar-refractivity contribution in [3.63, 3.8) is 0 Å². The van der Waals surface area contributed by atoms with E-state index in [1.807, 2.05) is 45.0 Å². The average molecular weight is 470 g/mol. The summed E-state index contributed by atoms with van der Waals surface area (Å²) in [7, 11) is 0. The monoisotopic (exact) mass is 469 g/mol. The number of nitrogen functional groups attached to an aromatic ring is 1. The van der Waals surface area contributed by atoms with Gasteiger partial charge in [0.1, 0.15) is 17.1 Å². The number of carbonyl (C=O) groups is 1. The number of thioether (sulfide) groups is 1. The van der Waals surface area contributed by atoms with Gasteiger partial charge in [0.2, 0.25) is 0 Å². The van der Waals surface area contributed by atoms with E-state index in [2.05, 4.69) is 20.8 Å². The van der Waals surface area contributed by atoms with Crippen molar-refractivity contribution in [3.8, 4) is 5.75 Å². The van der Waals surface area contributed by atoms with E-state index in [9.17, 15) is 15.0 Å². The quantitative estimate of drug-likeness (QED) is 0.351. The van der Waals surface area contributed by atoms with Crippen LogP contribution in [0.3, 0.4) is 0 Å². The van der Waals surface area contributed by atoms with Gasteiger partial charge in [0.25, 0.3) is 0 Å². The molecular weight excluding hydrogens is 434 g/mol. The first kappa shape index (κ1) is 25.0. The van der Waals surface area contributed by atoms with Crippen LogP contribution >= 0.6 is 11.8 Å². The number of aliphatic hydroxyl groups excluding tert-OH is 1. The lowest BCUT2D eigenvalue weighted by molar-refractivity contribution is -0.161. The Labute approximate surface area is 201 Å². The number of nitrogens with two attached hydrogens (primary N) is 1. The van der Waals surface area contributed by atoms with Crippen LogP contribution < -0.4 is 5.73 Å². The number of aliphatic hydroxyl groups is 1. The van der Waals surface area contributed by atoms with Crippen LogP contribution in [0.1, 0.15) is 57.7 Å². The molecule has 1 aliphatic heterocycles. The summed E-state index contributed by atoms with van der Waals surface area (Å²) in [6.07, 6.45) is 2.98. The number of hydrogen-bond donors (Lipinski definition) is 3. The molecule has 0 amide bonds. The van der Waals surface area contributed by atoms with Gasteiger partial charge < -0.3 is 20.7 Å². The number of aromatic hydroxyl groups is 1. The summed E-state index contributed by atoms with van der Waals surface area (Å²) in [6, 6.07) is 11.1. The van der Waals surface area contributed by atoms with Gasteiger partial charge in [-0.1, -0.05) is 46.8 Å². The fourth-order valence-corrected chi connectivity index (χ4v) is 5.44. The number of hydrogen-bond acceptors (Lipinski definition) is 6. The van der Waals surface area contributed by atoms with Crippen LogP contribution in [0, 0.1) is 12.8 Å². The molecule has 6 heteroatoms. The molecule has 0 bridgehead atoms. The molecule has 4 N–H and O–H groups in total. The minimum absolute atomic E-state index is 0.0103. The summed E-state index contributed by atoms with van der Waals surface area (Å²) < 4.78 is 6.05. The van der Waals surface area contributed by atoms with Gasteiger partial charge in [0, 0.05) is 10.6 Å². The summed E-state index contributed by atoms with van der Waals surface area (Å²) >= 11 is 1.28. The zero-order chi connectivity index (χ0) is 24.6. The lowest BCUT2D eigenvalue weighted by Crippen LogP contribution is -2.46. The van der Waals surface area contributed by atoms with Crippen LogP contribution in [-0.4, -0.2) is 27.0 Å². The standard InChI is InChI=1S/C27H35NO4S/c1-16(2)27(12-11-18-7-9-19(28)10-8-18)15-22(30)24(25(31)32-27)33-23-17(3)13-20(29)14-21(23)26(4,5)6/h7-10,13-16,24,29-30H,11-12,28H2,1-6H3/t24?,27-/m0/s1. The number of ether oxygens (including phenoxy) is 1. The third-order valence-electron chi connectivity index (χ3n) is 6.23. The number of rotatable bonds is 6. The molecule has 3 rings (SSSR count). The fourth-order valence-electron chi connectivity index (χ4n) is 4.13. The summed E-state index contributed by atoms with van der Waals surface area (Å²) in [4.78, 5) is 14.1. The number of anilines is 1. The molecule has 0 spiro atoms. The van der Waals surface area contributed by atoms with Gasteiger partial charge in [0.15, 0.2) is 5.25 Å². The number of phenolic OH excluding ortho intramolecular Hbond substituents is 1. The zero-order valence-corrected chi connectivity index (χ0v) is 21.1. The molecule has 1 unspecified atom stereocenters. The second-order valence-corrected chi connectivity index (χ2v) is 11.3. The van der Waals surface area contributed by atoms with Gasteiger partial charge in [-0.3, -0.25) is 4.79 Å². The largest absolute Gasteiger partial charge is 0.511 e. The smallest absolute Gasteiger partial charge is 0.328 e. The molecule has 0 aromatic heterocycles. The molecule has 1 heterocycles. The third kappa shape index (κ3) is 5.49. The van der Waals surface area contributed by atoms with Crippen LogP contribution in [0.4, 0.5) is 5.69 Å². The van der Waals surface area contributed by atoms with E-state index in [4.69, 9.17) is 10.5 Å². The van der Waals surface area contributed by atoms with E-state index in [1.54, 1.807) is 18.2 Å². The Bertz CT molecular complexity index is 1050. The normalized spacial score (nSPS) is 21.1. The predicted octanol–water partition coefficient (Wildman–Crippen LogP) is 6.07. The maximum absolute atomic E-state index is 13.2. The van der Waals surface area contributed by atoms with E-state index in [-0.39, 0.29) is 22.8 Å². The van der Waals surface area contributed by atoms with Gasteiger partial charge in [-0.15, -0.1) is 11.8 Å². The van der Waals surface area contributed by atoms with Crippen LogP contribution in [0.25, 0.3) is 0 Å². The van der Waals surface area contributed by atoms with Crippen molar-refractivity contribution >= 4 is 23.4 Å². The van der Waals surface area contributed by atoms with E-state index >= 15 is 0 Å². The first-order valence-corrected chi connectivity index (χ1v) is 12.2. The van der Waals surface area contributed by atoms with Crippen LogP contribution in [0.2, 0.25) is 0 Å². The third-order valence-corrected chi connectivity index (χ3v) is 7.68. The Balaban J connectivity index is 1.91. The Kier molecular flexibility index (Phi) is 7.08. The van der Waals surface area contributed by atoms with Gasteiger partial charge >= 0.3 is 5.97 Å². The first-order chi connectivity index (χ1) is 15.3. The van der Waals surface area contributed by atoms with Gasteiger partial charge in [0.05, 0.1) is 0 Å². The number of phenols is 1.